The van der Waals surface area contributed by atoms with E-state index in [2.05, 4.69) is 23.5 Å². The van der Waals surface area contributed by atoms with Gasteiger partial charge in [-0.2, -0.15) is 0 Å². The number of methoxy groups -OCH3 is 1. The van der Waals surface area contributed by atoms with E-state index >= 15 is 0 Å². The molecule has 1 N–H and O–H groups in total. The molecule has 0 aliphatic heterocycles. The summed E-state index contributed by atoms with van der Waals surface area (Å²) >= 11 is 0. The third-order valence-corrected chi connectivity index (χ3v) is 3.98. The lowest BCUT2D eigenvalue weighted by atomic mass is 10.1. The fraction of sp³-hybridized carbons (Fsp3) is 0.571. The maximum atomic E-state index is 11.3. The first-order valence-electron chi connectivity index (χ1n) is 6.73. The van der Waals surface area contributed by atoms with Crippen LogP contribution in [0.1, 0.15) is 25.5 Å². The third-order valence-electron chi connectivity index (χ3n) is 3.29. The Hall–Kier alpha value is -1.11. The summed E-state index contributed by atoms with van der Waals surface area (Å²) in [5, 5.41) is 0. The number of benzene rings is 1. The molecule has 0 amide bonds. The smallest absolute Gasteiger partial charge is 0.208 e. The molecular formula is C14H24N2O3S. The highest BCUT2D eigenvalue weighted by molar-refractivity contribution is 7.88. The fourth-order valence-electron chi connectivity index (χ4n) is 2.18. The maximum Gasteiger partial charge on any atom is 0.208 e. The lowest BCUT2D eigenvalue weighted by Gasteiger charge is -2.30. The first-order valence-corrected chi connectivity index (χ1v) is 8.63. The van der Waals surface area contributed by atoms with E-state index in [1.807, 2.05) is 24.3 Å². The number of rotatable bonds is 8. The summed E-state index contributed by atoms with van der Waals surface area (Å²) in [6.45, 7) is 6.23. The number of nitrogens with zero attached hydrogens (tertiary/aromatic N) is 1. The predicted octanol–water partition coefficient (Wildman–Crippen LogP) is 1.63. The highest BCUT2D eigenvalue weighted by Gasteiger charge is 2.19. The van der Waals surface area contributed by atoms with Crippen LogP contribution in [0.2, 0.25) is 0 Å². The monoisotopic (exact) mass is 300 g/mol. The highest BCUT2D eigenvalue weighted by atomic mass is 32.2. The molecule has 0 fully saturated rings. The molecule has 114 valence electrons. The quantitative estimate of drug-likeness (QED) is 0.793. The number of hydrogen-bond acceptors (Lipinski definition) is 4. The Kier molecular flexibility index (Phi) is 6.45. The number of nitrogens with one attached hydrogen (secondary N) is 1. The van der Waals surface area contributed by atoms with Crippen LogP contribution in [0.3, 0.4) is 0 Å². The zero-order chi connectivity index (χ0) is 15.2. The Bertz CT molecular complexity index is 496. The zero-order valence-corrected chi connectivity index (χ0v) is 13.4. The molecule has 1 rings (SSSR count). The minimum absolute atomic E-state index is 0.0191. The van der Waals surface area contributed by atoms with Gasteiger partial charge in [0.1, 0.15) is 5.75 Å². The molecule has 1 atom stereocenters. The number of sulfonamides is 1. The van der Waals surface area contributed by atoms with Crippen molar-refractivity contribution in [2.75, 3.05) is 33.0 Å². The third kappa shape index (κ3) is 5.11. The molecule has 0 saturated carbocycles. The van der Waals surface area contributed by atoms with E-state index in [4.69, 9.17) is 4.74 Å². The second-order valence-electron chi connectivity index (χ2n) is 4.63. The van der Waals surface area contributed by atoms with Crippen molar-refractivity contribution in [3.8, 4) is 5.75 Å². The van der Waals surface area contributed by atoms with E-state index in [1.165, 1.54) is 6.26 Å². The van der Waals surface area contributed by atoms with Crippen LogP contribution in [0, 0.1) is 0 Å². The van der Waals surface area contributed by atoms with E-state index in [9.17, 15) is 8.42 Å². The average molecular weight is 300 g/mol. The molecule has 0 aliphatic carbocycles. The first kappa shape index (κ1) is 16.9. The normalized spacial score (nSPS) is 13.4. The maximum absolute atomic E-state index is 11.3. The van der Waals surface area contributed by atoms with Gasteiger partial charge in [-0.15, -0.1) is 0 Å². The van der Waals surface area contributed by atoms with Gasteiger partial charge in [0.2, 0.25) is 10.0 Å². The molecule has 20 heavy (non-hydrogen) atoms. The summed E-state index contributed by atoms with van der Waals surface area (Å²) < 4.78 is 30.4. The van der Waals surface area contributed by atoms with Crippen molar-refractivity contribution in [1.82, 2.24) is 9.62 Å². The van der Waals surface area contributed by atoms with Crippen LogP contribution in [0.5, 0.6) is 5.75 Å². The molecule has 6 heteroatoms. The fourth-order valence-corrected chi connectivity index (χ4v) is 2.64. The van der Waals surface area contributed by atoms with Gasteiger partial charge in [0.05, 0.1) is 13.4 Å². The molecule has 0 radical (unpaired) electrons. The number of ether oxygens (including phenoxy) is 1. The summed E-state index contributed by atoms with van der Waals surface area (Å²) in [4.78, 5) is 2.22. The Balaban J connectivity index is 2.95. The van der Waals surface area contributed by atoms with Crippen molar-refractivity contribution >= 4 is 10.0 Å². The number of hydrogen-bond donors (Lipinski definition) is 1. The van der Waals surface area contributed by atoms with Crippen molar-refractivity contribution < 1.29 is 13.2 Å². The second-order valence-corrected chi connectivity index (χ2v) is 6.46. The SMILES string of the molecule is CCN(CC)C(CNS(C)(=O)=O)c1ccc(OC)cc1. The molecular weight excluding hydrogens is 276 g/mol. The van der Waals surface area contributed by atoms with Crippen LogP contribution in [-0.2, 0) is 10.0 Å². The van der Waals surface area contributed by atoms with Crippen molar-refractivity contribution in [3.05, 3.63) is 29.8 Å². The minimum Gasteiger partial charge on any atom is -0.497 e. The van der Waals surface area contributed by atoms with E-state index in [0.717, 1.165) is 24.4 Å². The molecule has 0 heterocycles. The van der Waals surface area contributed by atoms with Crippen molar-refractivity contribution in [1.29, 1.82) is 0 Å². The lowest BCUT2D eigenvalue weighted by molar-refractivity contribution is 0.220. The van der Waals surface area contributed by atoms with Crippen molar-refractivity contribution in [2.24, 2.45) is 0 Å². The largest absolute Gasteiger partial charge is 0.497 e. The van der Waals surface area contributed by atoms with Crippen molar-refractivity contribution in [3.63, 3.8) is 0 Å². The van der Waals surface area contributed by atoms with E-state index in [1.54, 1.807) is 7.11 Å². The van der Waals surface area contributed by atoms with Gasteiger partial charge in [-0.05, 0) is 30.8 Å². The van der Waals surface area contributed by atoms with Gasteiger partial charge in [-0.1, -0.05) is 26.0 Å². The summed E-state index contributed by atoms with van der Waals surface area (Å²) in [7, 11) is -1.56. The Morgan fingerprint density at radius 1 is 1.20 bits per heavy atom. The molecule has 0 aliphatic rings. The van der Waals surface area contributed by atoms with Gasteiger partial charge in [0.25, 0.3) is 0 Å². The minimum atomic E-state index is -3.19. The molecule has 1 unspecified atom stereocenters. The summed E-state index contributed by atoms with van der Waals surface area (Å²) in [6.07, 6.45) is 1.18. The molecule has 1 aromatic rings. The Labute approximate surface area is 122 Å². The predicted molar refractivity (Wildman–Crippen MR) is 81.5 cm³/mol. The summed E-state index contributed by atoms with van der Waals surface area (Å²) in [6, 6.07) is 7.77. The van der Waals surface area contributed by atoms with Gasteiger partial charge in [-0.25, -0.2) is 13.1 Å². The van der Waals surface area contributed by atoms with Crippen LogP contribution < -0.4 is 9.46 Å². The highest BCUT2D eigenvalue weighted by Crippen LogP contribution is 2.22. The number of likely N-dealkylation sites (N-methyl/N-ethyl adjacent to an activating group) is 1. The van der Waals surface area contributed by atoms with Crippen LogP contribution in [0.25, 0.3) is 0 Å². The molecule has 0 spiro atoms. The first-order chi connectivity index (χ1) is 9.41. The van der Waals surface area contributed by atoms with Crippen LogP contribution in [-0.4, -0.2) is 46.3 Å². The second kappa shape index (κ2) is 7.61. The van der Waals surface area contributed by atoms with Gasteiger partial charge in [-0.3, -0.25) is 4.90 Å². The average Bonchev–Trinajstić information content (AvgIpc) is 2.42. The Morgan fingerprint density at radius 3 is 2.15 bits per heavy atom. The topological polar surface area (TPSA) is 58.6 Å². The van der Waals surface area contributed by atoms with Crippen LogP contribution in [0.4, 0.5) is 0 Å². The van der Waals surface area contributed by atoms with E-state index in [-0.39, 0.29) is 6.04 Å². The van der Waals surface area contributed by atoms with Crippen LogP contribution >= 0.6 is 0 Å². The zero-order valence-electron chi connectivity index (χ0n) is 12.6. The Morgan fingerprint density at radius 2 is 1.75 bits per heavy atom. The van der Waals surface area contributed by atoms with Gasteiger partial charge in [0, 0.05) is 12.6 Å². The van der Waals surface area contributed by atoms with Gasteiger partial charge < -0.3 is 4.74 Å². The molecule has 0 aromatic heterocycles. The lowest BCUT2D eigenvalue weighted by Crippen LogP contribution is -2.37. The molecule has 0 saturated heterocycles. The van der Waals surface area contributed by atoms with Gasteiger partial charge in [0.15, 0.2) is 0 Å². The van der Waals surface area contributed by atoms with Crippen LogP contribution in [0.15, 0.2) is 24.3 Å². The summed E-state index contributed by atoms with van der Waals surface area (Å²) in [5.41, 5.74) is 1.07. The summed E-state index contributed by atoms with van der Waals surface area (Å²) in [5.74, 6) is 0.795. The van der Waals surface area contributed by atoms with E-state index < -0.39 is 10.0 Å². The van der Waals surface area contributed by atoms with Gasteiger partial charge >= 0.3 is 0 Å². The van der Waals surface area contributed by atoms with E-state index in [0.29, 0.717) is 6.54 Å². The molecule has 0 bridgehead atoms. The van der Waals surface area contributed by atoms with Crippen molar-refractivity contribution in [2.45, 2.75) is 19.9 Å². The molecule has 1 aromatic carbocycles. The standard InChI is InChI=1S/C14H24N2O3S/c1-5-16(6-2)14(11-15-20(4,17)18)12-7-9-13(19-3)10-8-12/h7-10,14-15H,5-6,11H2,1-4H3. The molecule has 5 nitrogen and oxygen atoms in total.